The van der Waals surface area contributed by atoms with Gasteiger partial charge in [0.1, 0.15) is 6.10 Å². The van der Waals surface area contributed by atoms with Crippen molar-refractivity contribution in [3.8, 4) is 6.07 Å². The number of unbranched alkanes of at least 4 members (excludes halogenated alkanes) is 8. The normalized spacial score (nSPS) is 29.2. The number of nitriles is 1. The van der Waals surface area contributed by atoms with Gasteiger partial charge in [-0.2, -0.15) is 5.26 Å². The van der Waals surface area contributed by atoms with Crippen LogP contribution in [0.25, 0.3) is 0 Å². The second-order valence-electron chi connectivity index (χ2n) is 17.5. The van der Waals surface area contributed by atoms with Crippen molar-refractivity contribution in [3.05, 3.63) is 12.7 Å². The minimum absolute atomic E-state index is 0.122. The van der Waals surface area contributed by atoms with Gasteiger partial charge in [0.15, 0.2) is 0 Å². The van der Waals surface area contributed by atoms with E-state index < -0.39 is 5.92 Å². The van der Waals surface area contributed by atoms with Crippen molar-refractivity contribution in [1.82, 2.24) is 0 Å². The van der Waals surface area contributed by atoms with Gasteiger partial charge in [-0.1, -0.05) is 45.6 Å². The van der Waals surface area contributed by atoms with Crippen LogP contribution in [0.2, 0.25) is 0 Å². The Bertz CT molecular complexity index is 1180. The zero-order valence-electron chi connectivity index (χ0n) is 35.5. The molecule has 4 fully saturated rings. The first kappa shape index (κ1) is 47.2. The first-order chi connectivity index (χ1) is 27.9. The van der Waals surface area contributed by atoms with Gasteiger partial charge in [-0.25, -0.2) is 4.79 Å². The maximum Gasteiger partial charge on any atom is 0.330 e. The van der Waals surface area contributed by atoms with E-state index in [1.165, 1.54) is 44.6 Å². The summed E-state index contributed by atoms with van der Waals surface area (Å²) in [7, 11) is 0. The van der Waals surface area contributed by atoms with E-state index >= 15 is 0 Å². The molecule has 4 rings (SSSR count). The zero-order chi connectivity index (χ0) is 40.5. The molecular formula is C47H77NO9. The van der Waals surface area contributed by atoms with Crippen LogP contribution in [0.15, 0.2) is 12.7 Å². The van der Waals surface area contributed by atoms with Gasteiger partial charge in [0.05, 0.1) is 49.4 Å². The molecule has 0 aromatic rings. The number of hydrogen-bond donors (Lipinski definition) is 0. The van der Waals surface area contributed by atoms with E-state index in [0.717, 1.165) is 128 Å². The first-order valence-corrected chi connectivity index (χ1v) is 23.3. The first-order valence-electron chi connectivity index (χ1n) is 23.3. The van der Waals surface area contributed by atoms with Crippen molar-refractivity contribution >= 4 is 17.9 Å². The van der Waals surface area contributed by atoms with Crippen molar-refractivity contribution in [1.29, 1.82) is 5.26 Å². The lowest BCUT2D eigenvalue weighted by molar-refractivity contribution is -0.170. The molecule has 4 aliphatic carbocycles. The molecule has 0 aromatic heterocycles. The topological polar surface area (TPSA) is 130 Å². The Morgan fingerprint density at radius 2 is 1.09 bits per heavy atom. The van der Waals surface area contributed by atoms with Crippen LogP contribution in [-0.4, -0.2) is 75.4 Å². The Balaban J connectivity index is 1.06. The average molecular weight is 800 g/mol. The van der Waals surface area contributed by atoms with Gasteiger partial charge >= 0.3 is 17.9 Å². The Morgan fingerprint density at radius 1 is 0.579 bits per heavy atom. The van der Waals surface area contributed by atoms with Gasteiger partial charge in [0.25, 0.3) is 0 Å². The quantitative estimate of drug-likeness (QED) is 0.0361. The number of hydrogen-bond acceptors (Lipinski definition) is 10. The van der Waals surface area contributed by atoms with Crippen molar-refractivity contribution in [3.63, 3.8) is 0 Å². The van der Waals surface area contributed by atoms with Crippen LogP contribution in [0.5, 0.6) is 0 Å². The largest absolute Gasteiger partial charge is 0.465 e. The van der Waals surface area contributed by atoms with Crippen LogP contribution in [0.1, 0.15) is 174 Å². The maximum absolute atomic E-state index is 13.3. The van der Waals surface area contributed by atoms with E-state index in [-0.39, 0.29) is 42.1 Å². The van der Waals surface area contributed by atoms with Crippen LogP contribution in [0.4, 0.5) is 0 Å². The molecule has 3 unspecified atom stereocenters. The summed E-state index contributed by atoms with van der Waals surface area (Å²) in [5, 5.41) is 9.20. The summed E-state index contributed by atoms with van der Waals surface area (Å²) in [5.74, 6) is 0.670. The van der Waals surface area contributed by atoms with E-state index in [1.54, 1.807) is 0 Å². The monoisotopic (exact) mass is 800 g/mol. The van der Waals surface area contributed by atoms with Crippen LogP contribution in [0, 0.1) is 40.9 Å². The van der Waals surface area contributed by atoms with Gasteiger partial charge in [-0.3, -0.25) is 9.59 Å². The fourth-order valence-electron chi connectivity index (χ4n) is 9.54. The molecule has 0 saturated heterocycles. The Kier molecular flexibility index (Phi) is 23.2. The summed E-state index contributed by atoms with van der Waals surface area (Å²) in [6, 6.07) is 2.47. The summed E-state index contributed by atoms with van der Waals surface area (Å²) >= 11 is 0. The number of carbonyl (C=O) groups is 3. The fraction of sp³-hybridized carbons (Fsp3) is 0.872. The molecule has 0 bridgehead atoms. The summed E-state index contributed by atoms with van der Waals surface area (Å²) in [4.78, 5) is 37.7. The molecule has 4 saturated carbocycles. The third-order valence-electron chi connectivity index (χ3n) is 13.2. The van der Waals surface area contributed by atoms with Crippen LogP contribution in [-0.2, 0) is 42.8 Å². The number of carbonyl (C=O) groups excluding carboxylic acids is 3. The average Bonchev–Trinajstić information content (AvgIpc) is 3.24. The molecule has 4 aliphatic rings. The van der Waals surface area contributed by atoms with Gasteiger partial charge in [-0.15, -0.1) is 0 Å². The van der Waals surface area contributed by atoms with Gasteiger partial charge < -0.3 is 28.4 Å². The number of rotatable bonds is 26. The van der Waals surface area contributed by atoms with E-state index in [4.69, 9.17) is 28.4 Å². The Labute approximate surface area is 344 Å². The lowest BCUT2D eigenvalue weighted by Gasteiger charge is -2.36. The minimum Gasteiger partial charge on any atom is -0.465 e. The highest BCUT2D eigenvalue weighted by Gasteiger charge is 2.40. The standard InChI is InChI=1S/C47H77NO9/c1-3-5-10-33-56-47(51)43-34-42(57-46(50)39-21-25-41(26-22-39)53-30-12-7-9-14-32-55-45(49)4-2)27-28-44(43)54-31-13-8-6-11-29-52-40-23-19-38(20-24-40)37-17-15-36(35-48)16-18-37/h4,36-44H,2-3,5-34H2,1H3. The summed E-state index contributed by atoms with van der Waals surface area (Å²) in [5.41, 5.74) is 0. The SMILES string of the molecule is C=CC(=O)OCCCCCCOC1CCC(C(=O)OC2CCC(OCCCCCCOC3CCC(C4CCC(C#N)CC4)CC3)C(C(=O)OCCCCC)C2)CC1. The highest BCUT2D eigenvalue weighted by Crippen LogP contribution is 2.40. The van der Waals surface area contributed by atoms with Crippen molar-refractivity contribution in [2.75, 3.05) is 33.0 Å². The lowest BCUT2D eigenvalue weighted by Crippen LogP contribution is -2.42. The molecule has 10 nitrogen and oxygen atoms in total. The predicted molar refractivity (Wildman–Crippen MR) is 220 cm³/mol. The number of esters is 3. The lowest BCUT2D eigenvalue weighted by atomic mass is 9.71. The van der Waals surface area contributed by atoms with Crippen molar-refractivity contribution in [2.24, 2.45) is 29.6 Å². The van der Waals surface area contributed by atoms with Gasteiger partial charge in [-0.05, 0) is 140 Å². The molecule has 0 heterocycles. The van der Waals surface area contributed by atoms with Gasteiger partial charge in [0, 0.05) is 38.2 Å². The Hall–Kier alpha value is -2.48. The van der Waals surface area contributed by atoms with Crippen LogP contribution >= 0.6 is 0 Å². The molecule has 10 heteroatoms. The van der Waals surface area contributed by atoms with Crippen LogP contribution in [0.3, 0.4) is 0 Å². The van der Waals surface area contributed by atoms with E-state index in [9.17, 15) is 19.6 Å². The Morgan fingerprint density at radius 3 is 1.67 bits per heavy atom. The highest BCUT2D eigenvalue weighted by atomic mass is 16.6. The second-order valence-corrected chi connectivity index (χ2v) is 17.5. The third-order valence-corrected chi connectivity index (χ3v) is 13.2. The molecule has 0 amide bonds. The summed E-state index contributed by atoms with van der Waals surface area (Å²) in [6.07, 6.45) is 26.9. The molecule has 0 N–H and O–H groups in total. The minimum atomic E-state index is -0.416. The molecule has 324 valence electrons. The fourth-order valence-corrected chi connectivity index (χ4v) is 9.54. The second kappa shape index (κ2) is 28.1. The molecule has 3 atom stereocenters. The van der Waals surface area contributed by atoms with E-state index in [2.05, 4.69) is 19.6 Å². The highest BCUT2D eigenvalue weighted by molar-refractivity contribution is 5.81. The molecule has 0 aliphatic heterocycles. The zero-order valence-corrected chi connectivity index (χ0v) is 35.5. The molecule has 57 heavy (non-hydrogen) atoms. The number of nitrogens with zero attached hydrogens (tertiary/aromatic N) is 1. The summed E-state index contributed by atoms with van der Waals surface area (Å²) < 4.78 is 35.5. The van der Waals surface area contributed by atoms with Crippen molar-refractivity contribution < 1.29 is 42.8 Å². The number of ether oxygens (including phenoxy) is 6. The van der Waals surface area contributed by atoms with Gasteiger partial charge in [0.2, 0.25) is 0 Å². The maximum atomic E-state index is 13.3. The molecular weight excluding hydrogens is 723 g/mol. The summed E-state index contributed by atoms with van der Waals surface area (Å²) in [6.45, 7) is 8.54. The third kappa shape index (κ3) is 18.1. The smallest absolute Gasteiger partial charge is 0.330 e. The molecule has 0 spiro atoms. The van der Waals surface area contributed by atoms with E-state index in [1.807, 2.05) is 0 Å². The van der Waals surface area contributed by atoms with Crippen molar-refractivity contribution in [2.45, 2.75) is 198 Å². The van der Waals surface area contributed by atoms with E-state index in [0.29, 0.717) is 57.7 Å². The molecule has 0 radical (unpaired) electrons. The predicted octanol–water partition coefficient (Wildman–Crippen LogP) is 10.1. The molecule has 0 aromatic carbocycles. The van der Waals surface area contributed by atoms with Crippen LogP contribution < -0.4 is 0 Å².